The van der Waals surface area contributed by atoms with Crippen LogP contribution in [0.2, 0.25) is 0 Å². The van der Waals surface area contributed by atoms with Gasteiger partial charge in [-0.25, -0.2) is 0 Å². The average Bonchev–Trinajstić information content (AvgIpc) is 3.13. The number of ether oxygens (including phenoxy) is 4. The molecular formula is C13H20O4. The second kappa shape index (κ2) is 3.67. The lowest BCUT2D eigenvalue weighted by Gasteiger charge is -2.53. The van der Waals surface area contributed by atoms with Gasteiger partial charge in [0, 0.05) is 7.11 Å². The first-order valence-electron chi connectivity index (χ1n) is 6.69. The minimum absolute atomic E-state index is 0.299. The third-order valence-corrected chi connectivity index (χ3v) is 5.06. The summed E-state index contributed by atoms with van der Waals surface area (Å²) in [4.78, 5) is 0. The summed E-state index contributed by atoms with van der Waals surface area (Å²) >= 11 is 0. The van der Waals surface area contributed by atoms with Gasteiger partial charge in [0.1, 0.15) is 0 Å². The van der Waals surface area contributed by atoms with Crippen LogP contribution in [0.3, 0.4) is 0 Å². The van der Waals surface area contributed by atoms with Crippen LogP contribution >= 0.6 is 0 Å². The van der Waals surface area contributed by atoms with Gasteiger partial charge < -0.3 is 18.9 Å². The lowest BCUT2D eigenvalue weighted by molar-refractivity contribution is -0.129. The van der Waals surface area contributed by atoms with Crippen molar-refractivity contribution >= 4 is 0 Å². The molecular weight excluding hydrogens is 220 g/mol. The highest BCUT2D eigenvalue weighted by Crippen LogP contribution is 2.60. The van der Waals surface area contributed by atoms with E-state index in [2.05, 4.69) is 6.92 Å². The highest BCUT2D eigenvalue weighted by atomic mass is 16.6. The summed E-state index contributed by atoms with van der Waals surface area (Å²) in [5, 5.41) is 0. The Kier molecular flexibility index (Phi) is 2.32. The standard InChI is InChI=1S/C13H20O4/c1-6(14-2)10-11(7-3-15-7)13(9-5-17-9)12(10)8-4-16-8/h6-13H,3-5H2,1-2H3. The highest BCUT2D eigenvalue weighted by Gasteiger charge is 2.66. The van der Waals surface area contributed by atoms with Crippen LogP contribution in [0.5, 0.6) is 0 Å². The molecule has 0 radical (unpaired) electrons. The molecule has 4 heteroatoms. The van der Waals surface area contributed by atoms with Gasteiger partial charge in [0.15, 0.2) is 0 Å². The zero-order chi connectivity index (χ0) is 11.6. The Morgan fingerprint density at radius 2 is 1.29 bits per heavy atom. The summed E-state index contributed by atoms with van der Waals surface area (Å²) in [7, 11) is 1.81. The molecule has 0 aromatic rings. The van der Waals surface area contributed by atoms with Gasteiger partial charge in [-0.1, -0.05) is 0 Å². The van der Waals surface area contributed by atoms with Crippen molar-refractivity contribution in [3.8, 4) is 0 Å². The molecule has 0 amide bonds. The Hall–Kier alpha value is -0.160. The molecule has 4 fully saturated rings. The minimum atomic E-state index is 0.299. The molecule has 4 aliphatic rings. The Bertz CT molecular complexity index is 289. The van der Waals surface area contributed by atoms with Gasteiger partial charge in [-0.15, -0.1) is 0 Å². The molecule has 0 aromatic heterocycles. The number of hydrogen-bond acceptors (Lipinski definition) is 4. The zero-order valence-electron chi connectivity index (χ0n) is 10.4. The van der Waals surface area contributed by atoms with E-state index < -0.39 is 0 Å². The molecule has 1 saturated carbocycles. The maximum absolute atomic E-state index is 5.57. The summed E-state index contributed by atoms with van der Waals surface area (Å²) in [6.07, 6.45) is 1.69. The summed E-state index contributed by atoms with van der Waals surface area (Å²) < 4.78 is 22.2. The van der Waals surface area contributed by atoms with Crippen molar-refractivity contribution in [2.45, 2.75) is 31.3 Å². The molecule has 0 N–H and O–H groups in total. The quantitative estimate of drug-likeness (QED) is 0.664. The lowest BCUT2D eigenvalue weighted by Crippen LogP contribution is -2.58. The first-order valence-corrected chi connectivity index (χ1v) is 6.69. The smallest absolute Gasteiger partial charge is 0.0845 e. The first-order chi connectivity index (χ1) is 8.31. The molecule has 0 aromatic carbocycles. The third kappa shape index (κ3) is 1.65. The van der Waals surface area contributed by atoms with Crippen LogP contribution in [0.25, 0.3) is 0 Å². The topological polar surface area (TPSA) is 46.8 Å². The fraction of sp³-hybridized carbons (Fsp3) is 1.00. The van der Waals surface area contributed by atoms with Crippen molar-refractivity contribution in [3.63, 3.8) is 0 Å². The normalized spacial score (nSPS) is 57.2. The van der Waals surface area contributed by atoms with Crippen LogP contribution in [0, 0.1) is 23.7 Å². The molecule has 4 nitrogen and oxygen atoms in total. The van der Waals surface area contributed by atoms with E-state index >= 15 is 0 Å². The Labute approximate surface area is 102 Å². The fourth-order valence-electron chi connectivity index (χ4n) is 3.98. The van der Waals surface area contributed by atoms with Crippen LogP contribution in [-0.2, 0) is 18.9 Å². The zero-order valence-corrected chi connectivity index (χ0v) is 10.4. The summed E-state index contributed by atoms with van der Waals surface area (Å²) in [5.74, 6) is 2.50. The van der Waals surface area contributed by atoms with Crippen LogP contribution in [0.1, 0.15) is 6.92 Å². The second-order valence-electron chi connectivity index (χ2n) is 5.87. The van der Waals surface area contributed by atoms with Crippen LogP contribution in [0.15, 0.2) is 0 Å². The van der Waals surface area contributed by atoms with Crippen LogP contribution in [-0.4, -0.2) is 51.3 Å². The Balaban J connectivity index is 1.56. The Morgan fingerprint density at radius 1 is 0.882 bits per heavy atom. The predicted molar refractivity (Wildman–Crippen MR) is 59.7 cm³/mol. The van der Waals surface area contributed by atoms with E-state index in [1.807, 2.05) is 0 Å². The first kappa shape index (κ1) is 10.7. The van der Waals surface area contributed by atoms with Crippen molar-refractivity contribution in [1.29, 1.82) is 0 Å². The molecule has 0 spiro atoms. The van der Waals surface area contributed by atoms with E-state index in [9.17, 15) is 0 Å². The van der Waals surface area contributed by atoms with E-state index in [0.29, 0.717) is 48.1 Å². The molecule has 3 saturated heterocycles. The van der Waals surface area contributed by atoms with Gasteiger partial charge in [0.2, 0.25) is 0 Å². The molecule has 4 rings (SSSR count). The van der Waals surface area contributed by atoms with Crippen molar-refractivity contribution in [1.82, 2.24) is 0 Å². The summed E-state index contributed by atoms with van der Waals surface area (Å²) in [6, 6.07) is 0. The molecule has 1 aliphatic carbocycles. The van der Waals surface area contributed by atoms with Crippen molar-refractivity contribution in [2.75, 3.05) is 26.9 Å². The number of hydrogen-bond donors (Lipinski definition) is 0. The second-order valence-corrected chi connectivity index (χ2v) is 5.87. The van der Waals surface area contributed by atoms with Gasteiger partial charge in [0.05, 0.1) is 44.2 Å². The minimum Gasteiger partial charge on any atom is -0.381 e. The van der Waals surface area contributed by atoms with Crippen molar-refractivity contribution < 1.29 is 18.9 Å². The third-order valence-electron chi connectivity index (χ3n) is 5.06. The number of rotatable bonds is 5. The van der Waals surface area contributed by atoms with Crippen molar-refractivity contribution in [2.24, 2.45) is 23.7 Å². The van der Waals surface area contributed by atoms with Crippen LogP contribution in [0.4, 0.5) is 0 Å². The lowest BCUT2D eigenvalue weighted by atomic mass is 9.52. The monoisotopic (exact) mass is 240 g/mol. The molecule has 3 aliphatic heterocycles. The van der Waals surface area contributed by atoms with Gasteiger partial charge in [-0.3, -0.25) is 0 Å². The summed E-state index contributed by atoms with van der Waals surface area (Å²) in [6.45, 7) is 4.97. The SMILES string of the molecule is COC(C)C1C(C2CO2)C(C2CO2)C1C1CO1. The molecule has 6 unspecified atom stereocenters. The molecule has 96 valence electrons. The number of methoxy groups -OCH3 is 1. The Morgan fingerprint density at radius 3 is 1.65 bits per heavy atom. The maximum atomic E-state index is 5.57. The van der Waals surface area contributed by atoms with Gasteiger partial charge in [0.25, 0.3) is 0 Å². The van der Waals surface area contributed by atoms with E-state index in [4.69, 9.17) is 18.9 Å². The summed E-state index contributed by atoms with van der Waals surface area (Å²) in [5.41, 5.74) is 0. The largest absolute Gasteiger partial charge is 0.381 e. The fourth-order valence-corrected chi connectivity index (χ4v) is 3.98. The van der Waals surface area contributed by atoms with E-state index in [0.717, 1.165) is 19.8 Å². The predicted octanol–water partition coefficient (Wildman–Crippen LogP) is 0.696. The van der Waals surface area contributed by atoms with E-state index in [1.54, 1.807) is 7.11 Å². The van der Waals surface area contributed by atoms with Crippen molar-refractivity contribution in [3.05, 3.63) is 0 Å². The van der Waals surface area contributed by atoms with Gasteiger partial charge in [-0.2, -0.15) is 0 Å². The van der Waals surface area contributed by atoms with Crippen LogP contribution < -0.4 is 0 Å². The molecule has 6 atom stereocenters. The number of epoxide rings is 3. The maximum Gasteiger partial charge on any atom is 0.0845 e. The average molecular weight is 240 g/mol. The van der Waals surface area contributed by atoms with Gasteiger partial charge >= 0.3 is 0 Å². The molecule has 17 heavy (non-hydrogen) atoms. The molecule has 0 bridgehead atoms. The highest BCUT2D eigenvalue weighted by molar-refractivity contribution is 5.12. The molecule has 3 heterocycles. The van der Waals surface area contributed by atoms with Gasteiger partial charge in [-0.05, 0) is 30.6 Å². The van der Waals surface area contributed by atoms with E-state index in [-0.39, 0.29) is 0 Å². The van der Waals surface area contributed by atoms with E-state index in [1.165, 1.54) is 0 Å².